The Kier molecular flexibility index (Phi) is 9.81. The van der Waals surface area contributed by atoms with E-state index in [-0.39, 0.29) is 50.4 Å². The Balaban J connectivity index is 1.75. The fraction of sp³-hybridized carbons (Fsp3) is 0.444. The molecule has 0 saturated carbocycles. The number of carbonyl (C=O) groups is 3. The van der Waals surface area contributed by atoms with Crippen LogP contribution < -0.4 is 4.74 Å². The van der Waals surface area contributed by atoms with Gasteiger partial charge in [0.2, 0.25) is 17.7 Å². The maximum absolute atomic E-state index is 13.6. The molecule has 0 radical (unpaired) electrons. The van der Waals surface area contributed by atoms with Crippen LogP contribution in [0.25, 0.3) is 0 Å². The van der Waals surface area contributed by atoms with Crippen LogP contribution in [0.3, 0.4) is 0 Å². The zero-order chi connectivity index (χ0) is 26.1. The largest absolute Gasteiger partial charge is 0.497 e. The first-order chi connectivity index (χ1) is 17.3. The molecular weight excluding hydrogens is 465 g/mol. The van der Waals surface area contributed by atoms with Crippen LogP contribution in [0.2, 0.25) is 0 Å². The summed E-state index contributed by atoms with van der Waals surface area (Å²) in [5.74, 6) is -0.376. The summed E-state index contributed by atoms with van der Waals surface area (Å²) in [5, 5.41) is 0. The van der Waals surface area contributed by atoms with Crippen molar-refractivity contribution in [1.82, 2.24) is 14.7 Å². The van der Waals surface area contributed by atoms with Gasteiger partial charge < -0.3 is 24.2 Å². The second-order valence-corrected chi connectivity index (χ2v) is 8.70. The van der Waals surface area contributed by atoms with Gasteiger partial charge in [0.15, 0.2) is 0 Å². The SMILES string of the molecule is CCN(CC)C(=O)CO[C@H]1CN(C(=O)Cc2cccc(F)c2)CC(=O)N(Cc2ccc(OC)cc2)C1. The topological polar surface area (TPSA) is 79.4 Å². The highest BCUT2D eigenvalue weighted by molar-refractivity contribution is 5.86. The fourth-order valence-electron chi connectivity index (χ4n) is 4.17. The molecule has 2 aromatic carbocycles. The van der Waals surface area contributed by atoms with Gasteiger partial charge in [-0.15, -0.1) is 0 Å². The Bertz CT molecular complexity index is 1040. The van der Waals surface area contributed by atoms with Gasteiger partial charge in [0.25, 0.3) is 0 Å². The van der Waals surface area contributed by atoms with E-state index in [2.05, 4.69) is 0 Å². The number of rotatable bonds is 10. The van der Waals surface area contributed by atoms with Crippen LogP contribution >= 0.6 is 0 Å². The number of nitrogens with zero attached hydrogens (tertiary/aromatic N) is 3. The van der Waals surface area contributed by atoms with E-state index in [0.717, 1.165) is 5.56 Å². The number of likely N-dealkylation sites (N-methyl/N-ethyl adjacent to an activating group) is 1. The number of carbonyl (C=O) groups excluding carboxylic acids is 3. The second kappa shape index (κ2) is 13.0. The van der Waals surface area contributed by atoms with Crippen LogP contribution in [0.5, 0.6) is 5.75 Å². The van der Waals surface area contributed by atoms with E-state index >= 15 is 0 Å². The van der Waals surface area contributed by atoms with Crippen molar-refractivity contribution in [1.29, 1.82) is 0 Å². The third-order valence-electron chi connectivity index (χ3n) is 6.22. The Labute approximate surface area is 211 Å². The number of ether oxygens (including phenoxy) is 2. The summed E-state index contributed by atoms with van der Waals surface area (Å²) in [5.41, 5.74) is 1.43. The van der Waals surface area contributed by atoms with Gasteiger partial charge in [-0.2, -0.15) is 0 Å². The van der Waals surface area contributed by atoms with Crippen molar-refractivity contribution in [3.05, 3.63) is 65.5 Å². The van der Waals surface area contributed by atoms with Crippen molar-refractivity contribution in [2.24, 2.45) is 0 Å². The van der Waals surface area contributed by atoms with Crippen LogP contribution in [0.1, 0.15) is 25.0 Å². The zero-order valence-corrected chi connectivity index (χ0v) is 21.1. The molecule has 1 aliphatic heterocycles. The van der Waals surface area contributed by atoms with Gasteiger partial charge in [-0.1, -0.05) is 24.3 Å². The molecule has 1 fully saturated rings. The van der Waals surface area contributed by atoms with Gasteiger partial charge >= 0.3 is 0 Å². The lowest BCUT2D eigenvalue weighted by Gasteiger charge is -2.26. The Morgan fingerprint density at radius 2 is 1.78 bits per heavy atom. The quantitative estimate of drug-likeness (QED) is 0.502. The molecule has 3 amide bonds. The van der Waals surface area contributed by atoms with Crippen LogP contribution in [0.4, 0.5) is 4.39 Å². The van der Waals surface area contributed by atoms with Gasteiger partial charge in [0.05, 0.1) is 26.2 Å². The van der Waals surface area contributed by atoms with Gasteiger partial charge in [-0.25, -0.2) is 4.39 Å². The Morgan fingerprint density at radius 3 is 2.42 bits per heavy atom. The molecule has 1 aliphatic rings. The normalized spacial score (nSPS) is 16.0. The molecule has 3 rings (SSSR count). The third kappa shape index (κ3) is 7.52. The fourth-order valence-corrected chi connectivity index (χ4v) is 4.17. The van der Waals surface area contributed by atoms with Gasteiger partial charge in [-0.3, -0.25) is 14.4 Å². The third-order valence-corrected chi connectivity index (χ3v) is 6.22. The zero-order valence-electron chi connectivity index (χ0n) is 21.1. The van der Waals surface area contributed by atoms with E-state index in [0.29, 0.717) is 30.9 Å². The first-order valence-electron chi connectivity index (χ1n) is 12.1. The molecule has 1 heterocycles. The molecule has 0 N–H and O–H groups in total. The molecule has 8 nitrogen and oxygen atoms in total. The molecule has 36 heavy (non-hydrogen) atoms. The van der Waals surface area contributed by atoms with Crippen molar-refractivity contribution in [3.8, 4) is 5.75 Å². The number of hydrogen-bond donors (Lipinski definition) is 0. The summed E-state index contributed by atoms with van der Waals surface area (Å²) in [6, 6.07) is 13.3. The van der Waals surface area contributed by atoms with E-state index < -0.39 is 11.9 Å². The Morgan fingerprint density at radius 1 is 1.06 bits per heavy atom. The minimum Gasteiger partial charge on any atom is -0.497 e. The number of amides is 3. The van der Waals surface area contributed by atoms with Crippen LogP contribution in [-0.2, 0) is 32.1 Å². The summed E-state index contributed by atoms with van der Waals surface area (Å²) in [6.07, 6.45) is -0.583. The lowest BCUT2D eigenvalue weighted by atomic mass is 10.1. The maximum atomic E-state index is 13.6. The number of methoxy groups -OCH3 is 1. The highest BCUT2D eigenvalue weighted by atomic mass is 19.1. The molecular formula is C27H34FN3O5. The van der Waals surface area contributed by atoms with Crippen LogP contribution in [0, 0.1) is 5.82 Å². The van der Waals surface area contributed by atoms with Crippen LogP contribution in [0.15, 0.2) is 48.5 Å². The van der Waals surface area contributed by atoms with E-state index in [9.17, 15) is 18.8 Å². The van der Waals surface area contributed by atoms with Crippen molar-refractivity contribution >= 4 is 17.7 Å². The molecule has 0 aliphatic carbocycles. The summed E-state index contributed by atoms with van der Waals surface area (Å²) < 4.78 is 24.8. The average molecular weight is 500 g/mol. The van der Waals surface area contributed by atoms with E-state index in [4.69, 9.17) is 9.47 Å². The average Bonchev–Trinajstić information content (AvgIpc) is 3.02. The van der Waals surface area contributed by atoms with Crippen molar-refractivity contribution in [3.63, 3.8) is 0 Å². The molecule has 1 atom stereocenters. The first-order valence-corrected chi connectivity index (χ1v) is 12.1. The minimum absolute atomic E-state index is 0.0331. The van der Waals surface area contributed by atoms with Gasteiger partial charge in [0.1, 0.15) is 18.2 Å². The lowest BCUT2D eigenvalue weighted by Crippen LogP contribution is -2.42. The predicted octanol–water partition coefficient (Wildman–Crippen LogP) is 2.50. The highest BCUT2D eigenvalue weighted by Crippen LogP contribution is 2.17. The predicted molar refractivity (Wildman–Crippen MR) is 133 cm³/mol. The maximum Gasteiger partial charge on any atom is 0.248 e. The Hall–Kier alpha value is -3.46. The minimum atomic E-state index is -0.550. The number of benzene rings is 2. The molecule has 2 aromatic rings. The molecule has 0 unspecified atom stereocenters. The van der Waals surface area contributed by atoms with E-state index in [1.807, 2.05) is 38.1 Å². The summed E-state index contributed by atoms with van der Waals surface area (Å²) in [7, 11) is 1.59. The molecule has 194 valence electrons. The number of halogens is 1. The molecule has 9 heteroatoms. The lowest BCUT2D eigenvalue weighted by molar-refractivity contribution is -0.139. The molecule has 0 bridgehead atoms. The summed E-state index contributed by atoms with van der Waals surface area (Å²) in [6.45, 7) is 5.41. The standard InChI is InChI=1S/C27H34FN3O5/c1-4-29(5-2)27(34)19-36-24-16-30(15-20-9-11-23(35-3)12-10-20)26(33)18-31(17-24)25(32)14-21-7-6-8-22(28)13-21/h6-13,24H,4-5,14-19H2,1-3H3/t24-/m1/s1. The van der Waals surface area contributed by atoms with Crippen LogP contribution in [-0.4, -0.2) is 85.0 Å². The first kappa shape index (κ1) is 27.1. The molecule has 1 saturated heterocycles. The smallest absolute Gasteiger partial charge is 0.248 e. The summed E-state index contributed by atoms with van der Waals surface area (Å²) >= 11 is 0. The summed E-state index contributed by atoms with van der Waals surface area (Å²) in [4.78, 5) is 43.5. The van der Waals surface area contributed by atoms with Crippen molar-refractivity contribution < 1.29 is 28.2 Å². The number of hydrogen-bond acceptors (Lipinski definition) is 5. The van der Waals surface area contributed by atoms with E-state index in [1.165, 1.54) is 17.0 Å². The van der Waals surface area contributed by atoms with Gasteiger partial charge in [0, 0.05) is 32.7 Å². The second-order valence-electron chi connectivity index (χ2n) is 8.70. The van der Waals surface area contributed by atoms with Crippen molar-refractivity contribution in [2.75, 3.05) is 46.4 Å². The van der Waals surface area contributed by atoms with Gasteiger partial charge in [-0.05, 0) is 49.2 Å². The monoisotopic (exact) mass is 499 g/mol. The van der Waals surface area contributed by atoms with E-state index in [1.54, 1.807) is 29.0 Å². The van der Waals surface area contributed by atoms with Crippen molar-refractivity contribution in [2.45, 2.75) is 32.9 Å². The molecule has 0 aromatic heterocycles. The molecule has 0 spiro atoms. The highest BCUT2D eigenvalue weighted by Gasteiger charge is 2.31.